The fraction of sp³-hybridized carbons (Fsp3) is 0.522. The summed E-state index contributed by atoms with van der Waals surface area (Å²) in [4.78, 5) is 4.59. The summed E-state index contributed by atoms with van der Waals surface area (Å²) in [6.07, 6.45) is 4.09. The van der Waals surface area contributed by atoms with Gasteiger partial charge in [0.25, 0.3) is 0 Å². The molecular weight excluding hydrogens is 373 g/mol. The minimum absolute atomic E-state index is 0.00775. The first-order valence-corrected chi connectivity index (χ1v) is 10.1. The van der Waals surface area contributed by atoms with Gasteiger partial charge in [-0.3, -0.25) is 0 Å². The summed E-state index contributed by atoms with van der Waals surface area (Å²) < 4.78 is 25.6. The van der Waals surface area contributed by atoms with E-state index in [0.29, 0.717) is 28.1 Å². The van der Waals surface area contributed by atoms with Crippen LogP contribution in [0.5, 0.6) is 11.5 Å². The maximum absolute atomic E-state index is 15.0. The van der Waals surface area contributed by atoms with Gasteiger partial charge in [-0.15, -0.1) is 0 Å². The Balaban J connectivity index is 2.08. The standard InChI is InChI=1S/C23H30FNO4/c1-13-10-18(26)14(2)15(3)20(13)23(27)22-17(24)11-19(29-12-28-4)21(25-22)16-8-6-5-7-9-16/h10-11,16,23,26-27H,5-9,12H2,1-4H3. The van der Waals surface area contributed by atoms with Crippen molar-refractivity contribution in [1.29, 1.82) is 0 Å². The van der Waals surface area contributed by atoms with E-state index in [4.69, 9.17) is 9.47 Å². The highest BCUT2D eigenvalue weighted by molar-refractivity contribution is 5.50. The van der Waals surface area contributed by atoms with E-state index in [1.54, 1.807) is 19.9 Å². The van der Waals surface area contributed by atoms with Crippen molar-refractivity contribution in [2.75, 3.05) is 13.9 Å². The molecule has 0 bridgehead atoms. The number of methoxy groups -OCH3 is 1. The lowest BCUT2D eigenvalue weighted by Gasteiger charge is -2.25. The second kappa shape index (κ2) is 9.09. The third-order valence-corrected chi connectivity index (χ3v) is 5.98. The molecule has 2 N–H and O–H groups in total. The predicted octanol–water partition coefficient (Wildman–Crippen LogP) is 4.96. The molecule has 0 spiro atoms. The van der Waals surface area contributed by atoms with Crippen LogP contribution in [0, 0.1) is 26.6 Å². The minimum atomic E-state index is -1.23. The van der Waals surface area contributed by atoms with Crippen molar-refractivity contribution < 1.29 is 24.1 Å². The van der Waals surface area contributed by atoms with Crippen molar-refractivity contribution in [3.05, 3.63) is 51.6 Å². The third kappa shape index (κ3) is 4.38. The van der Waals surface area contributed by atoms with Gasteiger partial charge < -0.3 is 19.7 Å². The van der Waals surface area contributed by atoms with Crippen LogP contribution in [-0.4, -0.2) is 29.1 Å². The van der Waals surface area contributed by atoms with Crippen LogP contribution in [0.2, 0.25) is 0 Å². The molecule has 1 unspecified atom stereocenters. The van der Waals surface area contributed by atoms with Crippen LogP contribution < -0.4 is 4.74 Å². The number of nitrogens with zero attached hydrogens (tertiary/aromatic N) is 1. The van der Waals surface area contributed by atoms with Crippen molar-refractivity contribution in [3.8, 4) is 11.5 Å². The largest absolute Gasteiger partial charge is 0.508 e. The van der Waals surface area contributed by atoms with Crippen LogP contribution in [0.15, 0.2) is 12.1 Å². The van der Waals surface area contributed by atoms with Crippen LogP contribution in [0.1, 0.15) is 77.8 Å². The quantitative estimate of drug-likeness (QED) is 0.667. The summed E-state index contributed by atoms with van der Waals surface area (Å²) in [5.74, 6) is 0.0942. The van der Waals surface area contributed by atoms with Gasteiger partial charge in [0.1, 0.15) is 23.3 Å². The SMILES string of the molecule is COCOc1cc(F)c(C(O)c2c(C)cc(O)c(C)c2C)nc1C1CCCCC1. The molecule has 1 heterocycles. The van der Waals surface area contributed by atoms with E-state index in [-0.39, 0.29) is 24.2 Å². The Hall–Kier alpha value is -2.18. The van der Waals surface area contributed by atoms with Gasteiger partial charge in [0.2, 0.25) is 0 Å². The molecule has 5 nitrogen and oxygen atoms in total. The van der Waals surface area contributed by atoms with Crippen molar-refractivity contribution in [2.45, 2.75) is 64.9 Å². The van der Waals surface area contributed by atoms with Crippen LogP contribution >= 0.6 is 0 Å². The number of aliphatic hydroxyl groups is 1. The molecule has 1 aliphatic rings. The van der Waals surface area contributed by atoms with E-state index in [1.807, 2.05) is 6.92 Å². The van der Waals surface area contributed by atoms with Gasteiger partial charge in [0, 0.05) is 19.1 Å². The lowest BCUT2D eigenvalue weighted by molar-refractivity contribution is 0.0492. The maximum Gasteiger partial charge on any atom is 0.188 e. The van der Waals surface area contributed by atoms with Crippen LogP contribution in [0.25, 0.3) is 0 Å². The molecule has 3 rings (SSSR count). The number of aryl methyl sites for hydroxylation is 1. The number of pyridine rings is 1. The zero-order valence-electron chi connectivity index (χ0n) is 17.6. The number of phenolic OH excluding ortho intramolecular Hbond substituents is 1. The van der Waals surface area contributed by atoms with Crippen molar-refractivity contribution in [3.63, 3.8) is 0 Å². The van der Waals surface area contributed by atoms with Crippen molar-refractivity contribution >= 4 is 0 Å². The van der Waals surface area contributed by atoms with E-state index in [0.717, 1.165) is 31.2 Å². The number of aliphatic hydroxyl groups excluding tert-OH is 1. The zero-order chi connectivity index (χ0) is 21.1. The molecule has 1 aromatic carbocycles. The monoisotopic (exact) mass is 403 g/mol. The van der Waals surface area contributed by atoms with Gasteiger partial charge in [-0.25, -0.2) is 9.37 Å². The van der Waals surface area contributed by atoms with Gasteiger partial charge in [-0.2, -0.15) is 0 Å². The minimum Gasteiger partial charge on any atom is -0.508 e. The second-order valence-corrected chi connectivity index (χ2v) is 7.90. The van der Waals surface area contributed by atoms with E-state index in [9.17, 15) is 10.2 Å². The number of halogens is 1. The molecule has 29 heavy (non-hydrogen) atoms. The number of hydrogen-bond donors (Lipinski definition) is 2. The molecule has 0 radical (unpaired) electrons. The summed E-state index contributed by atoms with van der Waals surface area (Å²) in [6, 6.07) is 2.91. The Bertz CT molecular complexity index is 878. The Morgan fingerprint density at radius 2 is 1.83 bits per heavy atom. The molecule has 1 aromatic heterocycles. The van der Waals surface area contributed by atoms with Gasteiger partial charge in [-0.05, 0) is 61.9 Å². The summed E-state index contributed by atoms with van der Waals surface area (Å²) in [6.45, 7) is 5.40. The first-order valence-electron chi connectivity index (χ1n) is 10.1. The van der Waals surface area contributed by atoms with Gasteiger partial charge in [-0.1, -0.05) is 19.3 Å². The number of benzene rings is 1. The molecule has 1 atom stereocenters. The Morgan fingerprint density at radius 1 is 1.14 bits per heavy atom. The summed E-state index contributed by atoms with van der Waals surface area (Å²) in [5.41, 5.74) is 3.34. The number of phenols is 1. The van der Waals surface area contributed by atoms with Gasteiger partial charge in [0.05, 0.1) is 5.69 Å². The predicted molar refractivity (Wildman–Crippen MR) is 109 cm³/mol. The first kappa shape index (κ1) is 21.5. The van der Waals surface area contributed by atoms with E-state index < -0.39 is 11.9 Å². The number of aromatic nitrogens is 1. The fourth-order valence-corrected chi connectivity index (χ4v) is 4.24. The van der Waals surface area contributed by atoms with Gasteiger partial charge >= 0.3 is 0 Å². The van der Waals surface area contributed by atoms with E-state index in [1.165, 1.54) is 19.6 Å². The Labute approximate surface area is 171 Å². The lowest BCUT2D eigenvalue weighted by Crippen LogP contribution is -2.16. The third-order valence-electron chi connectivity index (χ3n) is 5.98. The lowest BCUT2D eigenvalue weighted by atomic mass is 9.85. The van der Waals surface area contributed by atoms with Gasteiger partial charge in [0.15, 0.2) is 12.6 Å². The highest BCUT2D eigenvalue weighted by Crippen LogP contribution is 2.40. The first-order chi connectivity index (χ1) is 13.8. The summed E-state index contributed by atoms with van der Waals surface area (Å²) in [5, 5.41) is 21.1. The average molecular weight is 403 g/mol. The molecule has 0 saturated heterocycles. The molecule has 1 aliphatic carbocycles. The second-order valence-electron chi connectivity index (χ2n) is 7.90. The number of aromatic hydroxyl groups is 1. The molecule has 0 amide bonds. The summed E-state index contributed by atoms with van der Waals surface area (Å²) >= 11 is 0. The van der Waals surface area contributed by atoms with E-state index >= 15 is 4.39 Å². The molecule has 158 valence electrons. The molecule has 6 heteroatoms. The van der Waals surface area contributed by atoms with Crippen LogP contribution in [0.4, 0.5) is 4.39 Å². The van der Waals surface area contributed by atoms with E-state index in [2.05, 4.69) is 4.98 Å². The number of ether oxygens (including phenoxy) is 2. The highest BCUT2D eigenvalue weighted by Gasteiger charge is 2.28. The highest BCUT2D eigenvalue weighted by atomic mass is 19.1. The molecule has 1 fully saturated rings. The van der Waals surface area contributed by atoms with Crippen LogP contribution in [0.3, 0.4) is 0 Å². The normalized spacial score (nSPS) is 16.1. The summed E-state index contributed by atoms with van der Waals surface area (Å²) in [7, 11) is 1.51. The molecular formula is C23H30FNO4. The van der Waals surface area contributed by atoms with Crippen molar-refractivity contribution in [2.24, 2.45) is 0 Å². The zero-order valence-corrected chi connectivity index (χ0v) is 17.6. The molecule has 0 aliphatic heterocycles. The molecule has 2 aromatic rings. The Kier molecular flexibility index (Phi) is 6.75. The number of rotatable bonds is 6. The van der Waals surface area contributed by atoms with Crippen LogP contribution in [-0.2, 0) is 4.74 Å². The molecule has 1 saturated carbocycles. The smallest absolute Gasteiger partial charge is 0.188 e. The Morgan fingerprint density at radius 3 is 2.48 bits per heavy atom. The fourth-order valence-electron chi connectivity index (χ4n) is 4.24. The number of hydrogen-bond acceptors (Lipinski definition) is 5. The average Bonchev–Trinajstić information content (AvgIpc) is 2.71. The van der Waals surface area contributed by atoms with Crippen molar-refractivity contribution in [1.82, 2.24) is 4.98 Å². The maximum atomic E-state index is 15.0. The topological polar surface area (TPSA) is 71.8 Å².